The number of hydrogen-bond acceptors (Lipinski definition) is 3. The SMILES string of the molecule is CCNC(=NCc1c(F)cccc1OC(F)F)NCCNC(=O)C1CC1. The number of carbonyl (C=O) groups excluding carboxylic acids is 1. The molecule has 1 fully saturated rings. The van der Waals surface area contributed by atoms with Crippen LogP contribution >= 0.6 is 0 Å². The lowest BCUT2D eigenvalue weighted by Gasteiger charge is -2.13. The predicted octanol–water partition coefficient (Wildman–Crippen LogP) is 2.01. The number of aliphatic imine (C=N–C) groups is 1. The summed E-state index contributed by atoms with van der Waals surface area (Å²) in [7, 11) is 0. The Kier molecular flexibility index (Phi) is 7.55. The van der Waals surface area contributed by atoms with E-state index in [0.29, 0.717) is 25.6 Å². The van der Waals surface area contributed by atoms with Crippen molar-refractivity contribution in [3.8, 4) is 5.75 Å². The molecule has 0 heterocycles. The van der Waals surface area contributed by atoms with E-state index in [1.54, 1.807) is 0 Å². The first kappa shape index (κ1) is 19.9. The predicted molar refractivity (Wildman–Crippen MR) is 91.6 cm³/mol. The molecule has 9 heteroatoms. The van der Waals surface area contributed by atoms with Crippen molar-refractivity contribution in [3.05, 3.63) is 29.6 Å². The van der Waals surface area contributed by atoms with Crippen molar-refractivity contribution < 1.29 is 22.7 Å². The molecule has 0 bridgehead atoms. The second-order valence-electron chi connectivity index (χ2n) is 5.78. The Labute approximate surface area is 150 Å². The maximum Gasteiger partial charge on any atom is 0.387 e. The molecular weight excluding hydrogens is 349 g/mol. The van der Waals surface area contributed by atoms with Gasteiger partial charge in [-0.25, -0.2) is 9.38 Å². The molecule has 1 aliphatic rings. The van der Waals surface area contributed by atoms with Gasteiger partial charge in [-0.15, -0.1) is 0 Å². The van der Waals surface area contributed by atoms with Crippen LogP contribution in [0.1, 0.15) is 25.3 Å². The Morgan fingerprint density at radius 3 is 2.65 bits per heavy atom. The fourth-order valence-electron chi connectivity index (χ4n) is 2.26. The monoisotopic (exact) mass is 372 g/mol. The Hall–Kier alpha value is -2.45. The lowest BCUT2D eigenvalue weighted by atomic mass is 10.2. The van der Waals surface area contributed by atoms with Gasteiger partial charge in [0.25, 0.3) is 0 Å². The van der Waals surface area contributed by atoms with Crippen LogP contribution < -0.4 is 20.7 Å². The van der Waals surface area contributed by atoms with Crippen LogP contribution in [-0.4, -0.2) is 38.1 Å². The van der Waals surface area contributed by atoms with Crippen LogP contribution in [0, 0.1) is 11.7 Å². The van der Waals surface area contributed by atoms with Crippen molar-refractivity contribution in [2.75, 3.05) is 19.6 Å². The molecule has 0 aliphatic heterocycles. The number of nitrogens with one attached hydrogen (secondary N) is 3. The number of benzene rings is 1. The Morgan fingerprint density at radius 2 is 2.00 bits per heavy atom. The van der Waals surface area contributed by atoms with Crippen molar-refractivity contribution in [2.24, 2.45) is 10.9 Å². The van der Waals surface area contributed by atoms with Crippen LogP contribution in [0.15, 0.2) is 23.2 Å². The zero-order chi connectivity index (χ0) is 18.9. The average molecular weight is 372 g/mol. The number of hydrogen-bond donors (Lipinski definition) is 3. The van der Waals surface area contributed by atoms with Gasteiger partial charge in [-0.3, -0.25) is 4.79 Å². The molecule has 1 aromatic rings. The first-order chi connectivity index (χ1) is 12.5. The summed E-state index contributed by atoms with van der Waals surface area (Å²) < 4.78 is 43.2. The van der Waals surface area contributed by atoms with Gasteiger partial charge in [0.1, 0.15) is 11.6 Å². The van der Waals surface area contributed by atoms with Gasteiger partial charge in [0, 0.05) is 25.6 Å². The quantitative estimate of drug-likeness (QED) is 0.352. The number of halogens is 3. The van der Waals surface area contributed by atoms with E-state index < -0.39 is 12.4 Å². The van der Waals surface area contributed by atoms with Gasteiger partial charge in [0.05, 0.1) is 12.1 Å². The van der Waals surface area contributed by atoms with E-state index in [1.807, 2.05) is 6.92 Å². The summed E-state index contributed by atoms with van der Waals surface area (Å²) in [5.74, 6) is -0.324. The number of carbonyl (C=O) groups is 1. The molecule has 1 aliphatic carbocycles. The summed E-state index contributed by atoms with van der Waals surface area (Å²) in [6.07, 6.45) is 1.88. The molecule has 1 saturated carbocycles. The topological polar surface area (TPSA) is 74.8 Å². The van der Waals surface area contributed by atoms with E-state index >= 15 is 0 Å². The standard InChI is InChI=1S/C17H23F3N4O2/c1-2-21-17(23-9-8-22-15(25)11-6-7-11)24-10-12-13(18)4-3-5-14(12)26-16(19)20/h3-5,11,16H,2,6-10H2,1H3,(H,22,25)(H2,21,23,24). The van der Waals surface area contributed by atoms with Crippen molar-refractivity contribution in [1.82, 2.24) is 16.0 Å². The van der Waals surface area contributed by atoms with E-state index in [9.17, 15) is 18.0 Å². The van der Waals surface area contributed by atoms with Crippen LogP contribution in [0.25, 0.3) is 0 Å². The van der Waals surface area contributed by atoms with Crippen LogP contribution in [-0.2, 0) is 11.3 Å². The molecule has 0 atom stereocenters. The molecule has 0 spiro atoms. The van der Waals surface area contributed by atoms with E-state index in [0.717, 1.165) is 18.9 Å². The van der Waals surface area contributed by atoms with Crippen molar-refractivity contribution in [2.45, 2.75) is 32.9 Å². The maximum absolute atomic E-state index is 13.9. The minimum absolute atomic E-state index is 0.0490. The van der Waals surface area contributed by atoms with Crippen molar-refractivity contribution in [1.29, 1.82) is 0 Å². The summed E-state index contributed by atoms with van der Waals surface area (Å²) in [6.45, 7) is 0.0823. The number of guanidine groups is 1. The fourth-order valence-corrected chi connectivity index (χ4v) is 2.26. The minimum Gasteiger partial charge on any atom is -0.434 e. The van der Waals surface area contributed by atoms with Crippen LogP contribution in [0.2, 0.25) is 0 Å². The molecule has 0 aromatic heterocycles. The van der Waals surface area contributed by atoms with E-state index in [2.05, 4.69) is 25.7 Å². The van der Waals surface area contributed by atoms with Crippen molar-refractivity contribution >= 4 is 11.9 Å². The third-order valence-corrected chi connectivity index (χ3v) is 3.70. The number of ether oxygens (including phenoxy) is 1. The summed E-state index contributed by atoms with van der Waals surface area (Å²) in [6, 6.07) is 3.73. The normalized spacial score (nSPS) is 14.3. The molecule has 0 saturated heterocycles. The molecular formula is C17H23F3N4O2. The summed E-state index contributed by atoms with van der Waals surface area (Å²) in [4.78, 5) is 15.7. The molecule has 6 nitrogen and oxygen atoms in total. The lowest BCUT2D eigenvalue weighted by Crippen LogP contribution is -2.41. The number of nitrogens with zero attached hydrogens (tertiary/aromatic N) is 1. The van der Waals surface area contributed by atoms with E-state index in [4.69, 9.17) is 0 Å². The summed E-state index contributed by atoms with van der Waals surface area (Å²) >= 11 is 0. The second-order valence-corrected chi connectivity index (χ2v) is 5.78. The molecule has 1 amide bonds. The Morgan fingerprint density at radius 1 is 1.27 bits per heavy atom. The maximum atomic E-state index is 13.9. The van der Waals surface area contributed by atoms with Gasteiger partial charge in [-0.05, 0) is 31.9 Å². The van der Waals surface area contributed by atoms with Crippen molar-refractivity contribution in [3.63, 3.8) is 0 Å². The van der Waals surface area contributed by atoms with Crippen LogP contribution in [0.5, 0.6) is 5.75 Å². The summed E-state index contributed by atoms with van der Waals surface area (Å²) in [5.41, 5.74) is -0.0490. The van der Waals surface area contributed by atoms with E-state index in [-0.39, 0.29) is 29.7 Å². The highest BCUT2D eigenvalue weighted by Gasteiger charge is 2.28. The smallest absolute Gasteiger partial charge is 0.387 e. The molecule has 3 N–H and O–H groups in total. The highest BCUT2D eigenvalue weighted by Crippen LogP contribution is 2.28. The first-order valence-corrected chi connectivity index (χ1v) is 8.53. The Balaban J connectivity index is 1.92. The van der Waals surface area contributed by atoms with Crippen LogP contribution in [0.4, 0.5) is 13.2 Å². The first-order valence-electron chi connectivity index (χ1n) is 8.53. The Bertz CT molecular complexity index is 636. The molecule has 2 rings (SSSR count). The number of alkyl halides is 2. The second kappa shape index (κ2) is 9.88. The van der Waals surface area contributed by atoms with Gasteiger partial charge in [-0.1, -0.05) is 6.07 Å². The molecule has 144 valence electrons. The lowest BCUT2D eigenvalue weighted by molar-refractivity contribution is -0.122. The highest BCUT2D eigenvalue weighted by molar-refractivity contribution is 5.81. The van der Waals surface area contributed by atoms with Gasteiger partial charge in [0.15, 0.2) is 5.96 Å². The van der Waals surface area contributed by atoms with Gasteiger partial charge < -0.3 is 20.7 Å². The largest absolute Gasteiger partial charge is 0.434 e. The average Bonchev–Trinajstić information content (AvgIpc) is 3.42. The van der Waals surface area contributed by atoms with Gasteiger partial charge in [-0.2, -0.15) is 8.78 Å². The molecule has 26 heavy (non-hydrogen) atoms. The fraction of sp³-hybridized carbons (Fsp3) is 0.529. The zero-order valence-electron chi connectivity index (χ0n) is 14.5. The molecule has 0 radical (unpaired) electrons. The number of amides is 1. The van der Waals surface area contributed by atoms with Crippen LogP contribution in [0.3, 0.4) is 0 Å². The van der Waals surface area contributed by atoms with Gasteiger partial charge >= 0.3 is 6.61 Å². The highest BCUT2D eigenvalue weighted by atomic mass is 19.3. The third kappa shape index (κ3) is 6.45. The molecule has 0 unspecified atom stereocenters. The number of rotatable bonds is 9. The summed E-state index contributed by atoms with van der Waals surface area (Å²) in [5, 5.41) is 8.78. The zero-order valence-corrected chi connectivity index (χ0v) is 14.5. The minimum atomic E-state index is -3.04. The van der Waals surface area contributed by atoms with E-state index in [1.165, 1.54) is 12.1 Å². The molecule has 1 aromatic carbocycles. The van der Waals surface area contributed by atoms with Gasteiger partial charge in [0.2, 0.25) is 5.91 Å². The third-order valence-electron chi connectivity index (χ3n) is 3.70.